The summed E-state index contributed by atoms with van der Waals surface area (Å²) in [6, 6.07) is 11.7. The zero-order valence-corrected chi connectivity index (χ0v) is 11.4. The van der Waals surface area contributed by atoms with Gasteiger partial charge in [0.2, 0.25) is 0 Å². The summed E-state index contributed by atoms with van der Waals surface area (Å²) in [6.45, 7) is 2.11. The lowest BCUT2D eigenvalue weighted by molar-refractivity contribution is 0.0647. The molecule has 0 saturated carbocycles. The molecule has 108 valence electrons. The Labute approximate surface area is 121 Å². The van der Waals surface area contributed by atoms with E-state index in [-0.39, 0.29) is 23.5 Å². The minimum Gasteiger partial charge on any atom is -0.488 e. The highest BCUT2D eigenvalue weighted by Gasteiger charge is 2.21. The molecule has 21 heavy (non-hydrogen) atoms. The van der Waals surface area contributed by atoms with Crippen molar-refractivity contribution in [2.75, 3.05) is 0 Å². The Morgan fingerprint density at radius 2 is 1.76 bits per heavy atom. The first-order chi connectivity index (χ1) is 9.99. The molecule has 0 aliphatic rings. The summed E-state index contributed by atoms with van der Waals surface area (Å²) < 4.78 is 5.49. The molecule has 0 atom stereocenters. The third-order valence-electron chi connectivity index (χ3n) is 2.95. The Bertz CT molecular complexity index is 691. The molecule has 0 aliphatic carbocycles. The molecule has 0 bridgehead atoms. The molecule has 0 fully saturated rings. The first-order valence-electron chi connectivity index (χ1n) is 6.27. The second-order valence-electron chi connectivity index (χ2n) is 4.57. The number of benzene rings is 2. The van der Waals surface area contributed by atoms with Crippen molar-refractivity contribution < 1.29 is 24.5 Å². The second kappa shape index (κ2) is 6.09. The van der Waals surface area contributed by atoms with Crippen LogP contribution in [0, 0.1) is 6.92 Å². The van der Waals surface area contributed by atoms with Crippen molar-refractivity contribution in [2.45, 2.75) is 13.5 Å². The molecule has 0 amide bonds. The molecular formula is C16H14O5. The van der Waals surface area contributed by atoms with E-state index in [2.05, 4.69) is 0 Å². The van der Waals surface area contributed by atoms with E-state index in [0.717, 1.165) is 11.1 Å². The van der Waals surface area contributed by atoms with E-state index in [1.54, 1.807) is 0 Å². The van der Waals surface area contributed by atoms with Crippen molar-refractivity contribution in [3.63, 3.8) is 0 Å². The van der Waals surface area contributed by atoms with Crippen molar-refractivity contribution in [1.82, 2.24) is 0 Å². The van der Waals surface area contributed by atoms with Gasteiger partial charge in [0.1, 0.15) is 17.9 Å². The zero-order chi connectivity index (χ0) is 15.4. The third-order valence-corrected chi connectivity index (χ3v) is 2.95. The number of ether oxygens (including phenoxy) is 1. The SMILES string of the molecule is Cc1cccc(COc2cccc(C(=O)O)c2C(=O)O)c1. The van der Waals surface area contributed by atoms with Crippen LogP contribution in [0.4, 0.5) is 0 Å². The predicted octanol–water partition coefficient (Wildman–Crippen LogP) is 2.97. The maximum atomic E-state index is 11.3. The Hall–Kier alpha value is -2.82. The molecule has 2 aromatic rings. The van der Waals surface area contributed by atoms with Gasteiger partial charge in [0.05, 0.1) is 5.56 Å². The molecule has 0 radical (unpaired) electrons. The van der Waals surface area contributed by atoms with Crippen LogP contribution in [0.5, 0.6) is 5.75 Å². The summed E-state index contributed by atoms with van der Waals surface area (Å²) in [5.41, 5.74) is 1.32. The van der Waals surface area contributed by atoms with Gasteiger partial charge >= 0.3 is 11.9 Å². The van der Waals surface area contributed by atoms with Crippen molar-refractivity contribution in [2.24, 2.45) is 0 Å². The molecule has 0 spiro atoms. The molecule has 2 N–H and O–H groups in total. The van der Waals surface area contributed by atoms with E-state index in [1.807, 2.05) is 31.2 Å². The van der Waals surface area contributed by atoms with E-state index in [0.29, 0.717) is 0 Å². The Balaban J connectivity index is 2.30. The summed E-state index contributed by atoms with van der Waals surface area (Å²) >= 11 is 0. The van der Waals surface area contributed by atoms with Crippen molar-refractivity contribution in [1.29, 1.82) is 0 Å². The van der Waals surface area contributed by atoms with Crippen LogP contribution in [0.2, 0.25) is 0 Å². The average Bonchev–Trinajstić information content (AvgIpc) is 2.44. The number of carboxylic acid groups (broad SMARTS) is 2. The van der Waals surface area contributed by atoms with Gasteiger partial charge in [0.15, 0.2) is 0 Å². The number of carbonyl (C=O) groups is 2. The van der Waals surface area contributed by atoms with E-state index < -0.39 is 11.9 Å². The van der Waals surface area contributed by atoms with Crippen LogP contribution in [0.25, 0.3) is 0 Å². The molecule has 0 heterocycles. The normalized spacial score (nSPS) is 10.1. The zero-order valence-electron chi connectivity index (χ0n) is 11.4. The monoisotopic (exact) mass is 286 g/mol. The fraction of sp³-hybridized carbons (Fsp3) is 0.125. The van der Waals surface area contributed by atoms with E-state index in [4.69, 9.17) is 9.84 Å². The fourth-order valence-electron chi connectivity index (χ4n) is 2.01. The van der Waals surface area contributed by atoms with Crippen molar-refractivity contribution in [3.8, 4) is 5.75 Å². The number of rotatable bonds is 5. The van der Waals surface area contributed by atoms with Gasteiger partial charge in [-0.15, -0.1) is 0 Å². The smallest absolute Gasteiger partial charge is 0.340 e. The lowest BCUT2D eigenvalue weighted by atomic mass is 10.1. The first kappa shape index (κ1) is 14.6. The molecule has 5 heteroatoms. The average molecular weight is 286 g/mol. The van der Waals surface area contributed by atoms with Gasteiger partial charge in [0, 0.05) is 0 Å². The van der Waals surface area contributed by atoms with Gasteiger partial charge in [-0.25, -0.2) is 9.59 Å². The van der Waals surface area contributed by atoms with Crippen molar-refractivity contribution >= 4 is 11.9 Å². The summed E-state index contributed by atoms with van der Waals surface area (Å²) in [7, 11) is 0. The first-order valence-corrected chi connectivity index (χ1v) is 6.27. The topological polar surface area (TPSA) is 83.8 Å². The second-order valence-corrected chi connectivity index (χ2v) is 4.57. The van der Waals surface area contributed by atoms with Crippen LogP contribution in [0.15, 0.2) is 42.5 Å². The van der Waals surface area contributed by atoms with Crippen molar-refractivity contribution in [3.05, 3.63) is 64.7 Å². The molecular weight excluding hydrogens is 272 g/mol. The highest BCUT2D eigenvalue weighted by molar-refractivity contribution is 6.03. The number of hydrogen-bond acceptors (Lipinski definition) is 3. The molecule has 5 nitrogen and oxygen atoms in total. The van der Waals surface area contributed by atoms with Crippen LogP contribution >= 0.6 is 0 Å². The van der Waals surface area contributed by atoms with E-state index >= 15 is 0 Å². The van der Waals surface area contributed by atoms with Gasteiger partial charge in [0.25, 0.3) is 0 Å². The van der Waals surface area contributed by atoms with Gasteiger partial charge < -0.3 is 14.9 Å². The molecule has 0 unspecified atom stereocenters. The van der Waals surface area contributed by atoms with Crippen LogP contribution in [0.3, 0.4) is 0 Å². The van der Waals surface area contributed by atoms with Crippen LogP contribution in [-0.2, 0) is 6.61 Å². The Kier molecular flexibility index (Phi) is 4.23. The minimum absolute atomic E-state index is 0.0453. The minimum atomic E-state index is -1.33. The van der Waals surface area contributed by atoms with Crippen LogP contribution in [0.1, 0.15) is 31.8 Å². The van der Waals surface area contributed by atoms with Gasteiger partial charge in [-0.1, -0.05) is 35.9 Å². The molecule has 2 rings (SSSR count). The summed E-state index contributed by atoms with van der Waals surface area (Å²) in [4.78, 5) is 22.3. The standard InChI is InChI=1S/C16H14O5/c1-10-4-2-5-11(8-10)9-21-13-7-3-6-12(15(17)18)14(13)16(19)20/h2-8H,9H2,1H3,(H,17,18)(H,19,20). The summed E-state index contributed by atoms with van der Waals surface area (Å²) in [5, 5.41) is 18.2. The van der Waals surface area contributed by atoms with E-state index in [9.17, 15) is 14.7 Å². The lowest BCUT2D eigenvalue weighted by Crippen LogP contribution is -2.10. The maximum Gasteiger partial charge on any atom is 0.340 e. The number of aryl methyl sites for hydroxylation is 1. The molecule has 0 saturated heterocycles. The molecule has 0 aromatic heterocycles. The van der Waals surface area contributed by atoms with Crippen LogP contribution in [-0.4, -0.2) is 22.2 Å². The Morgan fingerprint density at radius 3 is 2.38 bits per heavy atom. The van der Waals surface area contributed by atoms with Gasteiger partial charge in [-0.2, -0.15) is 0 Å². The highest BCUT2D eigenvalue weighted by atomic mass is 16.5. The fourth-order valence-corrected chi connectivity index (χ4v) is 2.01. The third kappa shape index (κ3) is 3.39. The highest BCUT2D eigenvalue weighted by Crippen LogP contribution is 2.24. The number of hydrogen-bond donors (Lipinski definition) is 2. The summed E-state index contributed by atoms with van der Waals surface area (Å²) in [6.07, 6.45) is 0. The maximum absolute atomic E-state index is 11.3. The quantitative estimate of drug-likeness (QED) is 0.882. The number of aromatic carboxylic acids is 2. The number of carboxylic acids is 2. The lowest BCUT2D eigenvalue weighted by Gasteiger charge is -2.11. The van der Waals surface area contributed by atoms with Gasteiger partial charge in [-0.05, 0) is 24.6 Å². The Morgan fingerprint density at radius 1 is 1.05 bits per heavy atom. The summed E-state index contributed by atoms with van der Waals surface area (Å²) in [5.74, 6) is -2.58. The molecule has 0 aliphatic heterocycles. The van der Waals surface area contributed by atoms with Crippen LogP contribution < -0.4 is 4.74 Å². The largest absolute Gasteiger partial charge is 0.488 e. The molecule has 2 aromatic carbocycles. The van der Waals surface area contributed by atoms with Gasteiger partial charge in [-0.3, -0.25) is 0 Å². The predicted molar refractivity (Wildman–Crippen MR) is 75.9 cm³/mol. The van der Waals surface area contributed by atoms with E-state index in [1.165, 1.54) is 18.2 Å².